The molecule has 0 aromatic heterocycles. The van der Waals surface area contributed by atoms with Gasteiger partial charge in [0, 0.05) is 5.25 Å². The van der Waals surface area contributed by atoms with Crippen LogP contribution in [0.15, 0.2) is 11.6 Å². The molecule has 8 atom stereocenters. The molecular formula is C26H44OS. The predicted molar refractivity (Wildman–Crippen MR) is 123 cm³/mol. The highest BCUT2D eigenvalue weighted by Crippen LogP contribution is 2.67. The first-order valence-corrected chi connectivity index (χ1v) is 12.7. The van der Waals surface area contributed by atoms with Gasteiger partial charge in [-0.05, 0) is 118 Å². The van der Waals surface area contributed by atoms with Crippen LogP contribution in [0.25, 0.3) is 0 Å². The fourth-order valence-electron chi connectivity index (χ4n) is 8.40. The molecule has 1 nitrogen and oxygen atoms in total. The predicted octanol–water partition coefficient (Wildman–Crippen LogP) is 7.05. The van der Waals surface area contributed by atoms with Crippen molar-refractivity contribution in [2.24, 2.45) is 40.4 Å². The van der Waals surface area contributed by atoms with E-state index in [4.69, 9.17) is 12.6 Å². The fraction of sp³-hybridized carbons (Fsp3) is 0.923. The van der Waals surface area contributed by atoms with Crippen LogP contribution in [0.5, 0.6) is 0 Å². The van der Waals surface area contributed by atoms with Gasteiger partial charge in [0.2, 0.25) is 0 Å². The molecule has 4 rings (SSSR count). The summed E-state index contributed by atoms with van der Waals surface area (Å²) in [6.45, 7) is 11.7. The van der Waals surface area contributed by atoms with Gasteiger partial charge in [-0.2, -0.15) is 12.6 Å². The summed E-state index contributed by atoms with van der Waals surface area (Å²) in [6, 6.07) is 0. The largest absolute Gasteiger partial charge is 0.390 e. The first-order valence-electron chi connectivity index (χ1n) is 12.1. The van der Waals surface area contributed by atoms with Crippen LogP contribution < -0.4 is 0 Å². The molecule has 4 unspecified atom stereocenters. The van der Waals surface area contributed by atoms with Crippen molar-refractivity contribution in [1.29, 1.82) is 0 Å². The molecule has 0 amide bonds. The van der Waals surface area contributed by atoms with Crippen molar-refractivity contribution in [3.8, 4) is 0 Å². The number of aliphatic hydroxyl groups is 1. The average molecular weight is 405 g/mol. The number of allylic oxidation sites excluding steroid dienone is 2. The van der Waals surface area contributed by atoms with Gasteiger partial charge in [0.05, 0.1) is 5.60 Å². The van der Waals surface area contributed by atoms with Crippen LogP contribution in [-0.4, -0.2) is 16.0 Å². The highest BCUT2D eigenvalue weighted by molar-refractivity contribution is 7.80. The molecule has 1 N–H and O–H groups in total. The van der Waals surface area contributed by atoms with Crippen molar-refractivity contribution in [2.75, 3.05) is 0 Å². The van der Waals surface area contributed by atoms with Crippen LogP contribution in [0, 0.1) is 40.4 Å². The third kappa shape index (κ3) is 3.53. The van der Waals surface area contributed by atoms with E-state index in [9.17, 15) is 5.11 Å². The molecule has 4 aliphatic carbocycles. The van der Waals surface area contributed by atoms with Crippen molar-refractivity contribution in [3.05, 3.63) is 11.6 Å². The lowest BCUT2D eigenvalue weighted by Crippen LogP contribution is -2.50. The second-order valence-corrected chi connectivity index (χ2v) is 12.9. The molecule has 4 aliphatic rings. The quantitative estimate of drug-likeness (QED) is 0.380. The Bertz CT molecular complexity index is 618. The summed E-state index contributed by atoms with van der Waals surface area (Å²) < 4.78 is 0. The van der Waals surface area contributed by atoms with Crippen molar-refractivity contribution in [2.45, 2.75) is 110 Å². The summed E-state index contributed by atoms with van der Waals surface area (Å²) in [5.74, 6) is 4.34. The lowest BCUT2D eigenvalue weighted by atomic mass is 9.47. The monoisotopic (exact) mass is 404 g/mol. The number of rotatable bonds is 4. The maximum Gasteiger partial charge on any atom is 0.0591 e. The number of thiol groups is 1. The van der Waals surface area contributed by atoms with Gasteiger partial charge in [0.15, 0.2) is 0 Å². The maximum atomic E-state index is 10.2. The highest BCUT2D eigenvalue weighted by atomic mass is 32.1. The maximum absolute atomic E-state index is 10.2. The Morgan fingerprint density at radius 3 is 2.61 bits per heavy atom. The fourth-order valence-corrected chi connectivity index (χ4v) is 8.72. The third-order valence-electron chi connectivity index (χ3n) is 10.0. The van der Waals surface area contributed by atoms with Gasteiger partial charge >= 0.3 is 0 Å². The standard InChI is InChI=1S/C26H44OS/c1-17(10-13-24(2,3)27)21-8-9-22-20-7-6-18-16-19(28)11-14-25(18,4)23(20)12-15-26(21,22)5/h6,17,19-23,27-28H,7-16H2,1-5H3/t17?,19-,20?,21+,22?,23?,25-,26+/m0/s1. The Labute approximate surface area is 179 Å². The number of fused-ring (bicyclic) bond motifs is 5. The minimum absolute atomic E-state index is 0.466. The molecule has 0 spiro atoms. The van der Waals surface area contributed by atoms with Crippen LogP contribution in [0.2, 0.25) is 0 Å². The van der Waals surface area contributed by atoms with E-state index < -0.39 is 5.60 Å². The molecule has 3 fully saturated rings. The van der Waals surface area contributed by atoms with Crippen molar-refractivity contribution >= 4 is 12.6 Å². The molecule has 0 aliphatic heterocycles. The minimum atomic E-state index is -0.518. The Morgan fingerprint density at radius 1 is 1.14 bits per heavy atom. The lowest BCUT2D eigenvalue weighted by molar-refractivity contribution is -0.0512. The molecule has 0 heterocycles. The van der Waals surface area contributed by atoms with Crippen LogP contribution in [-0.2, 0) is 0 Å². The zero-order chi connectivity index (χ0) is 20.3. The molecule has 0 aromatic carbocycles. The molecule has 0 saturated heterocycles. The van der Waals surface area contributed by atoms with E-state index >= 15 is 0 Å². The zero-order valence-electron chi connectivity index (χ0n) is 19.0. The first-order chi connectivity index (χ1) is 13.0. The van der Waals surface area contributed by atoms with Crippen LogP contribution >= 0.6 is 12.6 Å². The van der Waals surface area contributed by atoms with Gasteiger partial charge in [0.1, 0.15) is 0 Å². The normalized spacial score (nSPS) is 47.0. The summed E-state index contributed by atoms with van der Waals surface area (Å²) in [5, 5.41) is 10.8. The number of hydrogen-bond acceptors (Lipinski definition) is 2. The Morgan fingerprint density at radius 2 is 1.89 bits per heavy atom. The third-order valence-corrected chi connectivity index (χ3v) is 10.5. The summed E-state index contributed by atoms with van der Waals surface area (Å²) in [7, 11) is 0. The zero-order valence-corrected chi connectivity index (χ0v) is 19.9. The van der Waals surface area contributed by atoms with Crippen LogP contribution in [0.4, 0.5) is 0 Å². The van der Waals surface area contributed by atoms with Crippen molar-refractivity contribution in [3.63, 3.8) is 0 Å². The molecule has 2 heteroatoms. The topological polar surface area (TPSA) is 20.2 Å². The number of hydrogen-bond donors (Lipinski definition) is 2. The summed E-state index contributed by atoms with van der Waals surface area (Å²) in [6.07, 6.45) is 15.8. The molecule has 160 valence electrons. The smallest absolute Gasteiger partial charge is 0.0591 e. The van der Waals surface area contributed by atoms with E-state index in [0.717, 1.165) is 36.0 Å². The first kappa shape index (κ1) is 21.3. The van der Waals surface area contributed by atoms with Gasteiger partial charge in [-0.25, -0.2) is 0 Å². The summed E-state index contributed by atoms with van der Waals surface area (Å²) >= 11 is 4.82. The second-order valence-electron chi connectivity index (χ2n) is 12.2. The van der Waals surface area contributed by atoms with E-state index in [1.807, 2.05) is 13.8 Å². The van der Waals surface area contributed by atoms with E-state index in [2.05, 4.69) is 26.8 Å². The van der Waals surface area contributed by atoms with Gasteiger partial charge in [-0.15, -0.1) is 0 Å². The second kappa shape index (κ2) is 7.33. The lowest BCUT2D eigenvalue weighted by Gasteiger charge is -2.58. The van der Waals surface area contributed by atoms with Gasteiger partial charge < -0.3 is 5.11 Å². The average Bonchev–Trinajstić information content (AvgIpc) is 2.97. The van der Waals surface area contributed by atoms with Gasteiger partial charge in [0.25, 0.3) is 0 Å². The van der Waals surface area contributed by atoms with Crippen molar-refractivity contribution in [1.82, 2.24) is 0 Å². The highest BCUT2D eigenvalue weighted by Gasteiger charge is 2.59. The van der Waals surface area contributed by atoms with E-state index in [1.165, 1.54) is 57.8 Å². The van der Waals surface area contributed by atoms with Crippen molar-refractivity contribution < 1.29 is 5.11 Å². The Hall–Kier alpha value is 0.0500. The Balaban J connectivity index is 1.52. The van der Waals surface area contributed by atoms with Gasteiger partial charge in [-0.3, -0.25) is 0 Å². The van der Waals surface area contributed by atoms with Crippen LogP contribution in [0.3, 0.4) is 0 Å². The molecule has 0 bridgehead atoms. The molecule has 0 aromatic rings. The molecule has 3 saturated carbocycles. The van der Waals surface area contributed by atoms with E-state index in [-0.39, 0.29) is 0 Å². The molecule has 28 heavy (non-hydrogen) atoms. The minimum Gasteiger partial charge on any atom is -0.390 e. The van der Waals surface area contributed by atoms with E-state index in [0.29, 0.717) is 16.1 Å². The molecular weight excluding hydrogens is 360 g/mol. The van der Waals surface area contributed by atoms with Gasteiger partial charge in [-0.1, -0.05) is 32.4 Å². The van der Waals surface area contributed by atoms with Crippen LogP contribution in [0.1, 0.15) is 98.8 Å². The SMILES string of the molecule is CC(CCC(C)(C)O)[C@H]1CCC2C3CC=C4C[C@@H](S)CC[C@]4(C)C3CC[C@@]21C. The summed E-state index contributed by atoms with van der Waals surface area (Å²) in [5.41, 5.74) is 2.24. The Kier molecular flexibility index (Phi) is 5.57. The molecule has 0 radical (unpaired) electrons. The summed E-state index contributed by atoms with van der Waals surface area (Å²) in [4.78, 5) is 0. The van der Waals surface area contributed by atoms with E-state index in [1.54, 1.807) is 5.57 Å².